The number of benzene rings is 2. The third kappa shape index (κ3) is 4.22. The van der Waals surface area contributed by atoms with Crippen molar-refractivity contribution in [2.75, 3.05) is 43.4 Å². The first kappa shape index (κ1) is 18.4. The quantitative estimate of drug-likeness (QED) is 0.817. The summed E-state index contributed by atoms with van der Waals surface area (Å²) in [6, 6.07) is 13.4. The number of carbonyl (C=O) groups excluding carboxylic acids is 1. The number of halogens is 1. The molecule has 0 aliphatic carbocycles. The maximum Gasteiger partial charge on any atom is 0.260 e. The van der Waals surface area contributed by atoms with E-state index < -0.39 is 0 Å². The highest BCUT2D eigenvalue weighted by Crippen LogP contribution is 2.32. The van der Waals surface area contributed by atoms with Gasteiger partial charge in [-0.25, -0.2) is 0 Å². The Hall–Kier alpha value is -2.40. The van der Waals surface area contributed by atoms with Crippen molar-refractivity contribution >= 4 is 28.9 Å². The number of rotatable bonds is 5. The molecule has 6 heteroatoms. The number of para-hydroxylation sites is 1. The van der Waals surface area contributed by atoms with Crippen molar-refractivity contribution in [1.29, 1.82) is 0 Å². The molecule has 0 saturated carbocycles. The molecule has 0 atom stereocenters. The molecule has 1 aliphatic rings. The number of hydrogen-bond donors (Lipinski definition) is 1. The number of aryl methyl sites for hydroxylation is 1. The zero-order chi connectivity index (χ0) is 18.5. The van der Waals surface area contributed by atoms with Gasteiger partial charge in [-0.05, 0) is 36.2 Å². The lowest BCUT2D eigenvalue weighted by atomic mass is 10.2. The molecule has 5 nitrogen and oxygen atoms in total. The number of ether oxygens (including phenoxy) is 1. The summed E-state index contributed by atoms with van der Waals surface area (Å²) in [6.07, 6.45) is 0.986. The Morgan fingerprint density at radius 3 is 2.42 bits per heavy atom. The molecule has 0 aromatic heterocycles. The Balaban J connectivity index is 1.51. The Kier molecular flexibility index (Phi) is 5.89. The van der Waals surface area contributed by atoms with Crippen LogP contribution in [0.2, 0.25) is 5.02 Å². The largest absolute Gasteiger partial charge is 0.484 e. The van der Waals surface area contributed by atoms with Crippen molar-refractivity contribution in [1.82, 2.24) is 4.90 Å². The Morgan fingerprint density at radius 2 is 1.81 bits per heavy atom. The SMILES string of the molecule is CCc1ccc(OCC(=O)N2CCN(c3c(N)cccc3Cl)CC2)cc1. The summed E-state index contributed by atoms with van der Waals surface area (Å²) >= 11 is 6.28. The van der Waals surface area contributed by atoms with Crippen LogP contribution in [0.15, 0.2) is 42.5 Å². The highest BCUT2D eigenvalue weighted by molar-refractivity contribution is 6.34. The first-order valence-corrected chi connectivity index (χ1v) is 9.24. The minimum absolute atomic E-state index is 0.00338. The molecule has 0 unspecified atom stereocenters. The normalized spacial score (nSPS) is 14.4. The summed E-state index contributed by atoms with van der Waals surface area (Å²) < 4.78 is 5.62. The Morgan fingerprint density at radius 1 is 1.12 bits per heavy atom. The number of hydrogen-bond acceptors (Lipinski definition) is 4. The van der Waals surface area contributed by atoms with Gasteiger partial charge in [0.05, 0.1) is 16.4 Å². The number of carbonyl (C=O) groups is 1. The van der Waals surface area contributed by atoms with Crippen molar-refractivity contribution in [2.45, 2.75) is 13.3 Å². The average molecular weight is 374 g/mol. The zero-order valence-corrected chi connectivity index (χ0v) is 15.7. The number of nitrogens with zero attached hydrogens (tertiary/aromatic N) is 2. The summed E-state index contributed by atoms with van der Waals surface area (Å²) in [5.41, 5.74) is 8.82. The van der Waals surface area contributed by atoms with Crippen LogP contribution in [-0.4, -0.2) is 43.6 Å². The predicted molar refractivity (Wildman–Crippen MR) is 106 cm³/mol. The van der Waals surface area contributed by atoms with E-state index in [1.807, 2.05) is 47.4 Å². The number of anilines is 2. The molecular weight excluding hydrogens is 350 g/mol. The lowest BCUT2D eigenvalue weighted by Gasteiger charge is -2.36. The molecule has 2 aromatic carbocycles. The van der Waals surface area contributed by atoms with E-state index in [2.05, 4.69) is 11.8 Å². The zero-order valence-electron chi connectivity index (χ0n) is 15.0. The topological polar surface area (TPSA) is 58.8 Å². The van der Waals surface area contributed by atoms with Crippen LogP contribution in [0.3, 0.4) is 0 Å². The Bertz CT molecular complexity index is 736. The fraction of sp³-hybridized carbons (Fsp3) is 0.350. The van der Waals surface area contributed by atoms with E-state index in [-0.39, 0.29) is 12.5 Å². The second-order valence-corrected chi connectivity index (χ2v) is 6.74. The Labute approximate surface area is 159 Å². The number of piperazine rings is 1. The lowest BCUT2D eigenvalue weighted by Crippen LogP contribution is -2.50. The van der Waals surface area contributed by atoms with Gasteiger partial charge in [0.1, 0.15) is 5.75 Å². The van der Waals surface area contributed by atoms with Gasteiger partial charge in [-0.15, -0.1) is 0 Å². The van der Waals surface area contributed by atoms with Crippen LogP contribution in [0, 0.1) is 0 Å². The number of amides is 1. The van der Waals surface area contributed by atoms with Crippen molar-refractivity contribution in [2.24, 2.45) is 0 Å². The highest BCUT2D eigenvalue weighted by atomic mass is 35.5. The smallest absolute Gasteiger partial charge is 0.260 e. The molecular formula is C20H24ClN3O2. The summed E-state index contributed by atoms with van der Waals surface area (Å²) in [5, 5.41) is 0.642. The summed E-state index contributed by atoms with van der Waals surface area (Å²) in [4.78, 5) is 16.4. The van der Waals surface area contributed by atoms with Gasteiger partial charge >= 0.3 is 0 Å². The van der Waals surface area contributed by atoms with Gasteiger partial charge in [0, 0.05) is 26.2 Å². The number of nitrogens with two attached hydrogens (primary N) is 1. The fourth-order valence-corrected chi connectivity index (χ4v) is 3.40. The molecule has 0 radical (unpaired) electrons. The van der Waals surface area contributed by atoms with Gasteiger partial charge in [-0.1, -0.05) is 36.7 Å². The molecule has 0 bridgehead atoms. The van der Waals surface area contributed by atoms with E-state index in [1.165, 1.54) is 5.56 Å². The van der Waals surface area contributed by atoms with Crippen molar-refractivity contribution in [3.05, 3.63) is 53.1 Å². The van der Waals surface area contributed by atoms with E-state index in [9.17, 15) is 4.79 Å². The van der Waals surface area contributed by atoms with Crippen LogP contribution in [0.1, 0.15) is 12.5 Å². The second kappa shape index (κ2) is 8.32. The van der Waals surface area contributed by atoms with Gasteiger partial charge in [0.2, 0.25) is 0 Å². The van der Waals surface area contributed by atoms with E-state index in [1.54, 1.807) is 0 Å². The highest BCUT2D eigenvalue weighted by Gasteiger charge is 2.23. The van der Waals surface area contributed by atoms with E-state index in [0.717, 1.165) is 17.9 Å². The van der Waals surface area contributed by atoms with Crippen LogP contribution in [0.4, 0.5) is 11.4 Å². The van der Waals surface area contributed by atoms with Gasteiger partial charge < -0.3 is 20.3 Å². The fourth-order valence-electron chi connectivity index (χ4n) is 3.10. The summed E-state index contributed by atoms with van der Waals surface area (Å²) in [5.74, 6) is 0.717. The van der Waals surface area contributed by atoms with Crippen molar-refractivity contribution in [3.63, 3.8) is 0 Å². The summed E-state index contributed by atoms with van der Waals surface area (Å²) in [6.45, 7) is 4.81. The first-order chi connectivity index (χ1) is 12.6. The first-order valence-electron chi connectivity index (χ1n) is 8.87. The van der Waals surface area contributed by atoms with E-state index in [4.69, 9.17) is 22.1 Å². The van der Waals surface area contributed by atoms with Crippen LogP contribution in [0.5, 0.6) is 5.75 Å². The minimum Gasteiger partial charge on any atom is -0.484 e. The second-order valence-electron chi connectivity index (χ2n) is 6.33. The van der Waals surface area contributed by atoms with Gasteiger partial charge in [0.15, 0.2) is 6.61 Å². The molecule has 1 aliphatic heterocycles. The number of nitrogen functional groups attached to an aromatic ring is 1. The van der Waals surface area contributed by atoms with Crippen LogP contribution in [-0.2, 0) is 11.2 Å². The third-order valence-corrected chi connectivity index (χ3v) is 4.97. The molecule has 2 N–H and O–H groups in total. The lowest BCUT2D eigenvalue weighted by molar-refractivity contribution is -0.133. The van der Waals surface area contributed by atoms with Crippen LogP contribution < -0.4 is 15.4 Å². The molecule has 1 fully saturated rings. The molecule has 3 rings (SSSR count). The van der Waals surface area contributed by atoms with Crippen molar-refractivity contribution < 1.29 is 9.53 Å². The van der Waals surface area contributed by atoms with Gasteiger partial charge in [0.25, 0.3) is 5.91 Å². The predicted octanol–water partition coefficient (Wildman–Crippen LogP) is 3.21. The summed E-state index contributed by atoms with van der Waals surface area (Å²) in [7, 11) is 0. The van der Waals surface area contributed by atoms with E-state index >= 15 is 0 Å². The standard InChI is InChI=1S/C20H24ClN3O2/c1-2-15-6-8-16(9-7-15)26-14-19(25)23-10-12-24(13-11-23)20-17(21)4-3-5-18(20)22/h3-9H,2,10-14,22H2,1H3. The van der Waals surface area contributed by atoms with Gasteiger partial charge in [-0.3, -0.25) is 4.79 Å². The minimum atomic E-state index is -0.00338. The van der Waals surface area contributed by atoms with Crippen molar-refractivity contribution in [3.8, 4) is 5.75 Å². The molecule has 1 amide bonds. The maximum absolute atomic E-state index is 12.4. The molecule has 26 heavy (non-hydrogen) atoms. The monoisotopic (exact) mass is 373 g/mol. The maximum atomic E-state index is 12.4. The molecule has 1 heterocycles. The third-order valence-electron chi connectivity index (χ3n) is 4.66. The van der Waals surface area contributed by atoms with Crippen LogP contribution in [0.25, 0.3) is 0 Å². The average Bonchev–Trinajstić information content (AvgIpc) is 2.67. The molecule has 138 valence electrons. The molecule has 1 saturated heterocycles. The van der Waals surface area contributed by atoms with E-state index in [0.29, 0.717) is 36.9 Å². The van der Waals surface area contributed by atoms with Crippen LogP contribution >= 0.6 is 11.6 Å². The molecule has 2 aromatic rings. The molecule has 0 spiro atoms. The van der Waals surface area contributed by atoms with Gasteiger partial charge in [-0.2, -0.15) is 0 Å².